The summed E-state index contributed by atoms with van der Waals surface area (Å²) in [5.74, 6) is -1.89. The summed E-state index contributed by atoms with van der Waals surface area (Å²) in [5, 5.41) is 21.3. The van der Waals surface area contributed by atoms with Crippen molar-refractivity contribution in [3.05, 3.63) is 63.8 Å². The molecule has 0 aliphatic rings. The van der Waals surface area contributed by atoms with E-state index in [1.165, 1.54) is 24.3 Å². The van der Waals surface area contributed by atoms with Crippen molar-refractivity contribution >= 4 is 16.9 Å². The summed E-state index contributed by atoms with van der Waals surface area (Å²) in [6.45, 7) is 1.82. The fraction of sp³-hybridized carbons (Fsp3) is 0.0588. The van der Waals surface area contributed by atoms with Gasteiger partial charge < -0.3 is 14.6 Å². The minimum atomic E-state index is -1.07. The number of aromatic carboxylic acids is 1. The molecule has 0 unspecified atom stereocenters. The average Bonchev–Trinajstić information content (AvgIpc) is 2.51. The van der Waals surface area contributed by atoms with Gasteiger partial charge in [-0.25, -0.2) is 4.79 Å². The highest BCUT2D eigenvalue weighted by molar-refractivity contribution is 5.88. The number of hydrogen-bond acceptors (Lipinski definition) is 4. The lowest BCUT2D eigenvalue weighted by Gasteiger charge is -2.13. The molecule has 0 atom stereocenters. The normalized spacial score (nSPS) is 10.8. The van der Waals surface area contributed by atoms with Crippen molar-refractivity contribution < 1.29 is 19.4 Å². The third-order valence-electron chi connectivity index (χ3n) is 3.40. The maximum absolute atomic E-state index is 12.2. The summed E-state index contributed by atoms with van der Waals surface area (Å²) in [6.07, 6.45) is 0. The van der Waals surface area contributed by atoms with Gasteiger partial charge in [0.2, 0.25) is 0 Å². The van der Waals surface area contributed by atoms with E-state index < -0.39 is 17.1 Å². The van der Waals surface area contributed by atoms with Gasteiger partial charge in [-0.3, -0.25) is 4.79 Å². The molecule has 0 aliphatic carbocycles. The van der Waals surface area contributed by atoms with E-state index in [-0.39, 0.29) is 16.7 Å². The van der Waals surface area contributed by atoms with Crippen LogP contribution in [0.5, 0.6) is 5.75 Å². The Balaban J connectivity index is 2.23. The van der Waals surface area contributed by atoms with Crippen LogP contribution in [0.15, 0.2) is 51.7 Å². The summed E-state index contributed by atoms with van der Waals surface area (Å²) in [6, 6.07) is 10.6. The number of carbonyl (C=O) groups is 1. The van der Waals surface area contributed by atoms with E-state index >= 15 is 0 Å². The van der Waals surface area contributed by atoms with Gasteiger partial charge in [-0.1, -0.05) is 23.8 Å². The number of hydrogen-bond donors (Lipinski definition) is 1. The standard InChI is InChI=1S/C17H12O5/c1-9-2-7-13-12(8-9)14(18)15(19)16(22-13)10-3-5-11(6-4-10)17(20)21/h2-8,19H,1H3,(H,20,21)/p-1. The van der Waals surface area contributed by atoms with Gasteiger partial charge in [0, 0.05) is 5.56 Å². The number of rotatable bonds is 2. The second kappa shape index (κ2) is 5.04. The maximum Gasteiger partial charge on any atom is 0.335 e. The Morgan fingerprint density at radius 3 is 2.45 bits per heavy atom. The molecule has 3 rings (SSSR count). The molecule has 0 saturated heterocycles. The Morgan fingerprint density at radius 1 is 1.14 bits per heavy atom. The van der Waals surface area contributed by atoms with Gasteiger partial charge in [-0.2, -0.15) is 0 Å². The molecular formula is C17H11O5-. The van der Waals surface area contributed by atoms with E-state index in [1.807, 2.05) is 6.92 Å². The monoisotopic (exact) mass is 295 g/mol. The van der Waals surface area contributed by atoms with E-state index in [0.29, 0.717) is 11.1 Å². The number of benzene rings is 2. The van der Waals surface area contributed by atoms with E-state index in [0.717, 1.165) is 5.56 Å². The van der Waals surface area contributed by atoms with E-state index in [9.17, 15) is 14.7 Å². The van der Waals surface area contributed by atoms with Gasteiger partial charge in [0.25, 0.3) is 0 Å². The largest absolute Gasteiger partial charge is 0.867 e. The zero-order valence-corrected chi connectivity index (χ0v) is 11.6. The Bertz CT molecular complexity index is 936. The Labute approximate surface area is 125 Å². The lowest BCUT2D eigenvalue weighted by Crippen LogP contribution is -2.11. The summed E-state index contributed by atoms with van der Waals surface area (Å²) in [5.41, 5.74) is 1.03. The summed E-state index contributed by atoms with van der Waals surface area (Å²) in [4.78, 5) is 23.0. The molecule has 0 aliphatic heterocycles. The molecular weight excluding hydrogens is 284 g/mol. The molecule has 0 saturated carbocycles. The van der Waals surface area contributed by atoms with Gasteiger partial charge in [-0.15, -0.1) is 0 Å². The maximum atomic E-state index is 12.2. The number of carboxylic acids is 1. The first-order valence-electron chi connectivity index (χ1n) is 6.55. The van der Waals surface area contributed by atoms with Crippen molar-refractivity contribution in [2.75, 3.05) is 0 Å². The van der Waals surface area contributed by atoms with Crippen LogP contribution in [0.4, 0.5) is 0 Å². The lowest BCUT2D eigenvalue weighted by atomic mass is 10.1. The minimum absolute atomic E-state index is 0.0849. The van der Waals surface area contributed by atoms with Crippen LogP contribution < -0.4 is 10.5 Å². The predicted molar refractivity (Wildman–Crippen MR) is 79.1 cm³/mol. The van der Waals surface area contributed by atoms with Crippen molar-refractivity contribution in [2.24, 2.45) is 0 Å². The number of fused-ring (bicyclic) bond motifs is 1. The van der Waals surface area contributed by atoms with Gasteiger partial charge in [0.15, 0.2) is 5.43 Å². The molecule has 5 nitrogen and oxygen atoms in total. The number of aryl methyl sites for hydroxylation is 1. The third-order valence-corrected chi connectivity index (χ3v) is 3.40. The van der Waals surface area contributed by atoms with Crippen molar-refractivity contribution in [1.29, 1.82) is 0 Å². The zero-order chi connectivity index (χ0) is 15.9. The van der Waals surface area contributed by atoms with E-state index in [2.05, 4.69) is 0 Å². The van der Waals surface area contributed by atoms with Gasteiger partial charge in [-0.05, 0) is 36.9 Å². The van der Waals surface area contributed by atoms with Gasteiger partial charge in [0.05, 0.1) is 10.9 Å². The third kappa shape index (κ3) is 2.22. The smallest absolute Gasteiger partial charge is 0.335 e. The van der Waals surface area contributed by atoms with Gasteiger partial charge >= 0.3 is 5.97 Å². The second-order valence-corrected chi connectivity index (χ2v) is 4.97. The first kappa shape index (κ1) is 13.9. The molecule has 1 heterocycles. The Kier molecular flexibility index (Phi) is 3.18. The number of carboxylic acid groups (broad SMARTS) is 1. The van der Waals surface area contributed by atoms with Crippen LogP contribution in [0.25, 0.3) is 22.3 Å². The highest BCUT2D eigenvalue weighted by atomic mass is 16.4. The lowest BCUT2D eigenvalue weighted by molar-refractivity contribution is -0.270. The van der Waals surface area contributed by atoms with Gasteiger partial charge in [0.1, 0.15) is 11.3 Å². The zero-order valence-electron chi connectivity index (χ0n) is 11.6. The molecule has 0 bridgehead atoms. The van der Waals surface area contributed by atoms with Crippen molar-refractivity contribution in [1.82, 2.24) is 0 Å². The summed E-state index contributed by atoms with van der Waals surface area (Å²) in [7, 11) is 0. The van der Waals surface area contributed by atoms with E-state index in [1.54, 1.807) is 18.2 Å². The van der Waals surface area contributed by atoms with Crippen LogP contribution in [0.2, 0.25) is 0 Å². The minimum Gasteiger partial charge on any atom is -0.867 e. The van der Waals surface area contributed by atoms with Crippen LogP contribution >= 0.6 is 0 Å². The summed E-state index contributed by atoms with van der Waals surface area (Å²) >= 11 is 0. The highest BCUT2D eigenvalue weighted by Gasteiger charge is 2.11. The average molecular weight is 295 g/mol. The molecule has 3 aromatic rings. The molecule has 2 aromatic carbocycles. The highest BCUT2D eigenvalue weighted by Crippen LogP contribution is 2.28. The van der Waals surface area contributed by atoms with Crippen molar-refractivity contribution in [2.45, 2.75) is 6.92 Å². The molecule has 0 spiro atoms. The molecule has 0 amide bonds. The molecule has 1 N–H and O–H groups in total. The van der Waals surface area contributed by atoms with Crippen LogP contribution in [0, 0.1) is 6.92 Å². The Morgan fingerprint density at radius 2 is 1.82 bits per heavy atom. The van der Waals surface area contributed by atoms with E-state index in [4.69, 9.17) is 9.52 Å². The molecule has 1 aromatic heterocycles. The molecule has 0 fully saturated rings. The molecule has 110 valence electrons. The summed E-state index contributed by atoms with van der Waals surface area (Å²) < 4.78 is 5.55. The fourth-order valence-corrected chi connectivity index (χ4v) is 2.25. The Hall–Kier alpha value is -3.08. The molecule has 22 heavy (non-hydrogen) atoms. The predicted octanol–water partition coefficient (Wildman–Crippen LogP) is 2.54. The quantitative estimate of drug-likeness (QED) is 0.784. The van der Waals surface area contributed by atoms with Crippen molar-refractivity contribution in [3.63, 3.8) is 0 Å². The van der Waals surface area contributed by atoms with Crippen LogP contribution in [0.1, 0.15) is 15.9 Å². The second-order valence-electron chi connectivity index (χ2n) is 4.97. The molecule has 0 radical (unpaired) electrons. The fourth-order valence-electron chi connectivity index (χ4n) is 2.25. The first-order valence-corrected chi connectivity index (χ1v) is 6.55. The van der Waals surface area contributed by atoms with Crippen LogP contribution in [0.3, 0.4) is 0 Å². The van der Waals surface area contributed by atoms with Crippen LogP contribution in [-0.2, 0) is 0 Å². The topological polar surface area (TPSA) is 90.6 Å². The molecule has 5 heteroatoms. The SMILES string of the molecule is Cc1ccc2oc(-c3ccc(C(=O)O)cc3)c([O-])c(=O)c2c1. The van der Waals surface area contributed by atoms with Crippen molar-refractivity contribution in [3.8, 4) is 17.1 Å². The van der Waals surface area contributed by atoms with Crippen LogP contribution in [-0.4, -0.2) is 11.1 Å². The first-order chi connectivity index (χ1) is 10.5.